The highest BCUT2D eigenvalue weighted by molar-refractivity contribution is 5.21. The van der Waals surface area contributed by atoms with Crippen molar-refractivity contribution in [3.63, 3.8) is 0 Å². The Hall–Kier alpha value is -2.05. The van der Waals surface area contributed by atoms with Crippen molar-refractivity contribution in [2.75, 3.05) is 0 Å². The lowest BCUT2D eigenvalue weighted by atomic mass is 10.1. The zero-order valence-electron chi connectivity index (χ0n) is 14.6. The minimum atomic E-state index is -1.36. The molecule has 0 amide bonds. The smallest absolute Gasteiger partial charge is 0.212 e. The van der Waals surface area contributed by atoms with E-state index in [9.17, 15) is 17.6 Å². The van der Waals surface area contributed by atoms with E-state index in [1.807, 2.05) is 6.92 Å². The van der Waals surface area contributed by atoms with Gasteiger partial charge in [0.15, 0.2) is 11.6 Å². The van der Waals surface area contributed by atoms with Crippen molar-refractivity contribution >= 4 is 0 Å². The first-order chi connectivity index (χ1) is 11.7. The van der Waals surface area contributed by atoms with Gasteiger partial charge in [0.05, 0.1) is 5.69 Å². The molecule has 0 aliphatic heterocycles. The number of hydrogen-bond donors (Lipinski definition) is 0. The largest absolute Gasteiger partial charge is 0.473 e. The van der Waals surface area contributed by atoms with Crippen LogP contribution in [0.4, 0.5) is 17.6 Å². The van der Waals surface area contributed by atoms with Gasteiger partial charge >= 0.3 is 0 Å². The Bertz CT molecular complexity index is 723. The fourth-order valence-corrected chi connectivity index (χ4v) is 2.30. The van der Waals surface area contributed by atoms with Crippen molar-refractivity contribution in [3.8, 4) is 5.88 Å². The van der Waals surface area contributed by atoms with Crippen LogP contribution in [-0.2, 0) is 19.6 Å². The molecule has 2 aromatic rings. The highest BCUT2D eigenvalue weighted by atomic mass is 19.2. The van der Waals surface area contributed by atoms with Gasteiger partial charge in [0.25, 0.3) is 0 Å². The first-order valence-electron chi connectivity index (χ1n) is 8.21. The van der Waals surface area contributed by atoms with Gasteiger partial charge in [0.1, 0.15) is 18.1 Å². The van der Waals surface area contributed by atoms with Gasteiger partial charge in [0, 0.05) is 30.7 Å². The van der Waals surface area contributed by atoms with Gasteiger partial charge in [0.2, 0.25) is 5.88 Å². The lowest BCUT2D eigenvalue weighted by Crippen LogP contribution is -2.17. The van der Waals surface area contributed by atoms with Crippen LogP contribution < -0.4 is 4.74 Å². The lowest BCUT2D eigenvalue weighted by Gasteiger charge is -2.15. The molecule has 0 bridgehead atoms. The average molecular weight is 358 g/mol. The number of ether oxygens (including phenoxy) is 1. The van der Waals surface area contributed by atoms with Crippen LogP contribution in [0.3, 0.4) is 0 Å². The van der Waals surface area contributed by atoms with Crippen LogP contribution in [0.15, 0.2) is 18.2 Å². The number of aromatic nitrogens is 2. The summed E-state index contributed by atoms with van der Waals surface area (Å²) in [5, 5.41) is 4.37. The quantitative estimate of drug-likeness (QED) is 0.492. The van der Waals surface area contributed by atoms with Gasteiger partial charge in [-0.05, 0) is 26.3 Å². The highest BCUT2D eigenvalue weighted by Gasteiger charge is 2.18. The first kappa shape index (κ1) is 19.3. The summed E-state index contributed by atoms with van der Waals surface area (Å²) in [6.45, 7) is 4.96. The second-order valence-electron chi connectivity index (χ2n) is 6.56. The van der Waals surface area contributed by atoms with Crippen LogP contribution in [0.1, 0.15) is 44.9 Å². The Morgan fingerprint density at radius 3 is 2.40 bits per heavy atom. The van der Waals surface area contributed by atoms with Crippen LogP contribution in [0.5, 0.6) is 5.88 Å². The molecule has 0 atom stereocenters. The van der Waals surface area contributed by atoms with Gasteiger partial charge in [-0.25, -0.2) is 22.2 Å². The van der Waals surface area contributed by atoms with Crippen LogP contribution >= 0.6 is 0 Å². The summed E-state index contributed by atoms with van der Waals surface area (Å²) in [6.07, 6.45) is 1.83. The second-order valence-corrected chi connectivity index (χ2v) is 6.56. The second kappa shape index (κ2) is 7.89. The molecule has 1 aromatic heterocycles. The Kier molecular flexibility index (Phi) is 6.08. The summed E-state index contributed by atoms with van der Waals surface area (Å²) in [4.78, 5) is 0. The van der Waals surface area contributed by atoms with Crippen molar-refractivity contribution in [3.05, 3.63) is 46.9 Å². The predicted molar refractivity (Wildman–Crippen MR) is 86.7 cm³/mol. The van der Waals surface area contributed by atoms with Gasteiger partial charge in [-0.3, -0.25) is 0 Å². The molecule has 0 aliphatic rings. The van der Waals surface area contributed by atoms with E-state index in [1.165, 1.54) is 18.5 Å². The van der Waals surface area contributed by atoms with E-state index in [0.717, 1.165) is 24.6 Å². The minimum absolute atomic E-state index is 0.102. The van der Waals surface area contributed by atoms with E-state index in [2.05, 4.69) is 5.10 Å². The number of nitrogens with zero attached hydrogens (tertiary/aromatic N) is 2. The van der Waals surface area contributed by atoms with E-state index in [4.69, 9.17) is 4.74 Å². The van der Waals surface area contributed by atoms with Gasteiger partial charge in [-0.2, -0.15) is 5.10 Å². The Labute approximate surface area is 144 Å². The van der Waals surface area contributed by atoms with Gasteiger partial charge in [-0.15, -0.1) is 0 Å². The maximum atomic E-state index is 13.7. The maximum absolute atomic E-state index is 13.7. The number of rotatable bonds is 8. The highest BCUT2D eigenvalue weighted by Crippen LogP contribution is 2.22. The SMILES string of the molecule is CCCc1cc(OCc2cc(F)c(F)cc2F)n(CCC(C)(C)F)n1. The molecule has 2 rings (SSSR count). The molecule has 0 aliphatic carbocycles. The van der Waals surface area contributed by atoms with E-state index >= 15 is 0 Å². The molecule has 1 heterocycles. The molecule has 7 heteroatoms. The zero-order valence-corrected chi connectivity index (χ0v) is 14.6. The third-order valence-corrected chi connectivity index (χ3v) is 3.68. The third-order valence-electron chi connectivity index (χ3n) is 3.68. The molecule has 0 saturated heterocycles. The van der Waals surface area contributed by atoms with Gasteiger partial charge in [-0.1, -0.05) is 13.3 Å². The zero-order chi connectivity index (χ0) is 18.6. The van der Waals surface area contributed by atoms with Crippen molar-refractivity contribution in [1.82, 2.24) is 9.78 Å². The van der Waals surface area contributed by atoms with Crippen LogP contribution in [-0.4, -0.2) is 15.4 Å². The third kappa shape index (κ3) is 5.47. The Morgan fingerprint density at radius 1 is 1.08 bits per heavy atom. The Balaban J connectivity index is 2.15. The summed E-state index contributed by atoms with van der Waals surface area (Å²) in [7, 11) is 0. The summed E-state index contributed by atoms with van der Waals surface area (Å²) in [5.74, 6) is -2.93. The van der Waals surface area contributed by atoms with Crippen molar-refractivity contribution < 1.29 is 22.3 Å². The molecule has 1 aromatic carbocycles. The van der Waals surface area contributed by atoms with E-state index in [0.29, 0.717) is 18.5 Å². The van der Waals surface area contributed by atoms with Crippen molar-refractivity contribution in [1.29, 1.82) is 0 Å². The molecule has 0 radical (unpaired) electrons. The number of halogens is 4. The van der Waals surface area contributed by atoms with E-state index in [-0.39, 0.29) is 18.6 Å². The number of hydrogen-bond acceptors (Lipinski definition) is 2. The summed E-state index contributed by atoms with van der Waals surface area (Å²) < 4.78 is 60.7. The molecule has 0 N–H and O–H groups in total. The van der Waals surface area contributed by atoms with Crippen molar-refractivity contribution in [2.45, 2.75) is 58.9 Å². The van der Waals surface area contributed by atoms with E-state index in [1.54, 1.807) is 6.07 Å². The minimum Gasteiger partial charge on any atom is -0.473 e. The van der Waals surface area contributed by atoms with E-state index < -0.39 is 23.1 Å². The van der Waals surface area contributed by atoms with Crippen LogP contribution in [0.25, 0.3) is 0 Å². The average Bonchev–Trinajstić information content (AvgIpc) is 2.89. The number of aryl methyl sites for hydroxylation is 2. The molecule has 0 unspecified atom stereocenters. The molecule has 138 valence electrons. The molecule has 25 heavy (non-hydrogen) atoms. The van der Waals surface area contributed by atoms with Crippen molar-refractivity contribution in [2.24, 2.45) is 0 Å². The summed E-state index contributed by atoms with van der Waals surface area (Å²) in [5.41, 5.74) is -0.685. The fourth-order valence-electron chi connectivity index (χ4n) is 2.30. The fraction of sp³-hybridized carbons (Fsp3) is 0.500. The molecule has 3 nitrogen and oxygen atoms in total. The Morgan fingerprint density at radius 2 is 1.76 bits per heavy atom. The van der Waals surface area contributed by atoms with Crippen LogP contribution in [0.2, 0.25) is 0 Å². The van der Waals surface area contributed by atoms with Crippen LogP contribution in [0, 0.1) is 17.5 Å². The summed E-state index contributed by atoms with van der Waals surface area (Å²) in [6, 6.07) is 2.95. The van der Waals surface area contributed by atoms with Gasteiger partial charge < -0.3 is 4.74 Å². The monoisotopic (exact) mass is 358 g/mol. The molecule has 0 saturated carbocycles. The molecular weight excluding hydrogens is 336 g/mol. The number of alkyl halides is 1. The lowest BCUT2D eigenvalue weighted by molar-refractivity contribution is 0.183. The molecular formula is C18H22F4N2O. The predicted octanol–water partition coefficient (Wildman–Crippen LogP) is 4.97. The number of benzene rings is 1. The normalized spacial score (nSPS) is 11.8. The summed E-state index contributed by atoms with van der Waals surface area (Å²) >= 11 is 0. The molecule has 0 fully saturated rings. The topological polar surface area (TPSA) is 27.1 Å². The molecule has 0 spiro atoms. The standard InChI is InChI=1S/C18H22F4N2O/c1-4-5-13-9-17(24(23-13)7-6-18(2,3)22)25-11-12-8-15(20)16(21)10-14(12)19/h8-10H,4-7,11H2,1-3H3. The maximum Gasteiger partial charge on any atom is 0.212 e. The first-order valence-corrected chi connectivity index (χ1v) is 8.21.